The van der Waals surface area contributed by atoms with Gasteiger partial charge in [-0.25, -0.2) is 0 Å². The van der Waals surface area contributed by atoms with Gasteiger partial charge >= 0.3 is 6.18 Å². The molecule has 1 aliphatic carbocycles. The molecule has 1 aliphatic rings. The highest BCUT2D eigenvalue weighted by molar-refractivity contribution is 5.59. The molecule has 1 saturated carbocycles. The Balaban J connectivity index is 1.56. The molecule has 0 unspecified atom stereocenters. The Morgan fingerprint density at radius 3 is 2.37 bits per heavy atom. The molecule has 2 N–H and O–H groups in total. The van der Waals surface area contributed by atoms with Crippen LogP contribution in [0.3, 0.4) is 0 Å². The summed E-state index contributed by atoms with van der Waals surface area (Å²) in [5.74, 6) is 0.908. The molecule has 3 aromatic rings. The van der Waals surface area contributed by atoms with E-state index in [9.17, 15) is 13.2 Å². The molecule has 1 heterocycles. The number of halogens is 3. The van der Waals surface area contributed by atoms with Gasteiger partial charge in [-0.1, -0.05) is 30.3 Å². The number of nitrogens with two attached hydrogens (primary N) is 1. The van der Waals surface area contributed by atoms with Crippen molar-refractivity contribution in [1.82, 2.24) is 10.2 Å². The predicted octanol–water partition coefficient (Wildman–Crippen LogP) is 4.38. The average molecular weight is 373 g/mol. The number of aromatic nitrogens is 2. The van der Waals surface area contributed by atoms with E-state index >= 15 is 0 Å². The third-order valence-corrected chi connectivity index (χ3v) is 4.79. The molecular formula is C20H18F3N3O. The average Bonchev–Trinajstić information content (AvgIpc) is 3.17. The Morgan fingerprint density at radius 2 is 1.70 bits per heavy atom. The van der Waals surface area contributed by atoms with Crippen molar-refractivity contribution in [3.63, 3.8) is 0 Å². The first-order valence-electron chi connectivity index (χ1n) is 8.68. The number of alkyl halides is 3. The number of hydrogen-bond acceptors (Lipinski definition) is 4. The zero-order chi connectivity index (χ0) is 19.1. The van der Waals surface area contributed by atoms with Gasteiger partial charge in [0.2, 0.25) is 11.8 Å². The normalized spacial score (nSPS) is 15.7. The molecule has 7 heteroatoms. The summed E-state index contributed by atoms with van der Waals surface area (Å²) < 4.78 is 43.9. The summed E-state index contributed by atoms with van der Waals surface area (Å²) in [4.78, 5) is 0. The zero-order valence-electron chi connectivity index (χ0n) is 14.5. The molecule has 0 aliphatic heterocycles. The molecule has 1 aromatic heterocycles. The SMILES string of the molecule is NC1(Cc2nnc(-c3ccccc3Cc3ccc(C(F)(F)F)cc3)o2)CC1. The predicted molar refractivity (Wildman–Crippen MR) is 93.8 cm³/mol. The van der Waals surface area contributed by atoms with Crippen LogP contribution in [0.4, 0.5) is 13.2 Å². The summed E-state index contributed by atoms with van der Waals surface area (Å²) in [6.45, 7) is 0. The van der Waals surface area contributed by atoms with Crippen LogP contribution in [0.1, 0.15) is 35.4 Å². The molecule has 4 nitrogen and oxygen atoms in total. The fourth-order valence-corrected chi connectivity index (χ4v) is 2.99. The standard InChI is InChI=1S/C20H18F3N3O/c21-20(22,23)15-7-5-13(6-8-15)11-14-3-1-2-4-16(14)18-26-25-17(27-18)12-19(24)9-10-19/h1-8H,9-12,24H2. The van der Waals surface area contributed by atoms with Crippen LogP contribution in [0.15, 0.2) is 52.9 Å². The van der Waals surface area contributed by atoms with Crippen molar-refractivity contribution < 1.29 is 17.6 Å². The topological polar surface area (TPSA) is 64.9 Å². The Kier molecular flexibility index (Phi) is 4.26. The summed E-state index contributed by atoms with van der Waals surface area (Å²) in [6.07, 6.45) is -1.41. The van der Waals surface area contributed by atoms with Gasteiger partial charge in [0.15, 0.2) is 0 Å². The van der Waals surface area contributed by atoms with Crippen LogP contribution in [0.2, 0.25) is 0 Å². The first kappa shape index (κ1) is 17.7. The summed E-state index contributed by atoms with van der Waals surface area (Å²) >= 11 is 0. The van der Waals surface area contributed by atoms with Gasteiger partial charge in [-0.3, -0.25) is 0 Å². The van der Waals surface area contributed by atoms with Crippen LogP contribution >= 0.6 is 0 Å². The quantitative estimate of drug-likeness (QED) is 0.721. The van der Waals surface area contributed by atoms with Crippen LogP contribution in [-0.4, -0.2) is 15.7 Å². The summed E-state index contributed by atoms with van der Waals surface area (Å²) in [6, 6.07) is 12.7. The zero-order valence-corrected chi connectivity index (χ0v) is 14.5. The van der Waals surface area contributed by atoms with E-state index in [0.29, 0.717) is 24.6 Å². The third-order valence-electron chi connectivity index (χ3n) is 4.79. The first-order valence-corrected chi connectivity index (χ1v) is 8.68. The second-order valence-electron chi connectivity index (χ2n) is 7.07. The third kappa shape index (κ3) is 4.03. The highest BCUT2D eigenvalue weighted by Crippen LogP contribution is 2.36. The molecular weight excluding hydrogens is 355 g/mol. The minimum Gasteiger partial charge on any atom is -0.421 e. The van der Waals surface area contributed by atoms with E-state index in [-0.39, 0.29) is 5.54 Å². The van der Waals surface area contributed by atoms with Crippen LogP contribution in [0.25, 0.3) is 11.5 Å². The van der Waals surface area contributed by atoms with Gasteiger partial charge in [-0.15, -0.1) is 10.2 Å². The van der Waals surface area contributed by atoms with E-state index in [4.69, 9.17) is 10.2 Å². The molecule has 0 amide bonds. The molecule has 0 spiro atoms. The minimum absolute atomic E-state index is 0.219. The van der Waals surface area contributed by atoms with Crippen molar-refractivity contribution in [2.45, 2.75) is 37.4 Å². The number of benzene rings is 2. The number of hydrogen-bond donors (Lipinski definition) is 1. The Morgan fingerprint density at radius 1 is 1.00 bits per heavy atom. The van der Waals surface area contributed by atoms with E-state index in [1.807, 2.05) is 24.3 Å². The highest BCUT2D eigenvalue weighted by atomic mass is 19.4. The van der Waals surface area contributed by atoms with Crippen molar-refractivity contribution in [3.8, 4) is 11.5 Å². The number of rotatable bonds is 5. The second-order valence-corrected chi connectivity index (χ2v) is 7.07. The highest BCUT2D eigenvalue weighted by Gasteiger charge is 2.40. The molecule has 0 radical (unpaired) electrons. The van der Waals surface area contributed by atoms with Crippen molar-refractivity contribution in [3.05, 3.63) is 71.1 Å². The first-order chi connectivity index (χ1) is 12.8. The lowest BCUT2D eigenvalue weighted by atomic mass is 9.99. The molecule has 1 fully saturated rings. The van der Waals surface area contributed by atoms with Crippen LogP contribution in [-0.2, 0) is 19.0 Å². The summed E-state index contributed by atoms with van der Waals surface area (Å²) in [5.41, 5.74) is 7.67. The van der Waals surface area contributed by atoms with Gasteiger partial charge in [-0.05, 0) is 48.6 Å². The maximum atomic E-state index is 12.7. The van der Waals surface area contributed by atoms with E-state index in [2.05, 4.69) is 10.2 Å². The Hall–Kier alpha value is -2.67. The Bertz CT molecular complexity index is 944. The molecule has 140 valence electrons. The van der Waals surface area contributed by atoms with Gasteiger partial charge in [0.1, 0.15) is 0 Å². The largest absolute Gasteiger partial charge is 0.421 e. The van der Waals surface area contributed by atoms with Crippen molar-refractivity contribution >= 4 is 0 Å². The monoisotopic (exact) mass is 373 g/mol. The van der Waals surface area contributed by atoms with Crippen molar-refractivity contribution in [2.24, 2.45) is 5.73 Å². The van der Waals surface area contributed by atoms with E-state index < -0.39 is 11.7 Å². The second kappa shape index (κ2) is 6.49. The molecule has 27 heavy (non-hydrogen) atoms. The molecule has 4 rings (SSSR count). The van der Waals surface area contributed by atoms with Crippen molar-refractivity contribution in [1.29, 1.82) is 0 Å². The van der Waals surface area contributed by atoms with E-state index in [0.717, 1.165) is 41.7 Å². The van der Waals surface area contributed by atoms with Gasteiger partial charge < -0.3 is 10.2 Å². The smallest absolute Gasteiger partial charge is 0.416 e. The fourth-order valence-electron chi connectivity index (χ4n) is 2.99. The molecule has 0 saturated heterocycles. The minimum atomic E-state index is -4.33. The van der Waals surface area contributed by atoms with Crippen LogP contribution in [0, 0.1) is 0 Å². The lowest BCUT2D eigenvalue weighted by Crippen LogP contribution is -2.24. The summed E-state index contributed by atoms with van der Waals surface area (Å²) in [7, 11) is 0. The van der Waals surface area contributed by atoms with Crippen LogP contribution in [0.5, 0.6) is 0 Å². The van der Waals surface area contributed by atoms with Gasteiger partial charge in [0, 0.05) is 17.5 Å². The molecule has 0 bridgehead atoms. The molecule has 0 atom stereocenters. The molecule has 2 aromatic carbocycles. The van der Waals surface area contributed by atoms with Crippen molar-refractivity contribution in [2.75, 3.05) is 0 Å². The van der Waals surface area contributed by atoms with Gasteiger partial charge in [0.25, 0.3) is 0 Å². The maximum absolute atomic E-state index is 12.7. The maximum Gasteiger partial charge on any atom is 0.416 e. The van der Waals surface area contributed by atoms with Gasteiger partial charge in [0.05, 0.1) is 5.56 Å². The van der Waals surface area contributed by atoms with Gasteiger partial charge in [-0.2, -0.15) is 13.2 Å². The summed E-state index contributed by atoms with van der Waals surface area (Å²) in [5, 5.41) is 8.21. The number of nitrogens with zero attached hydrogens (tertiary/aromatic N) is 2. The fraction of sp³-hybridized carbons (Fsp3) is 0.300. The lowest BCUT2D eigenvalue weighted by Gasteiger charge is -2.09. The van der Waals surface area contributed by atoms with Crippen LogP contribution < -0.4 is 5.73 Å². The Labute approximate surface area is 154 Å². The van der Waals surface area contributed by atoms with E-state index in [1.54, 1.807) is 0 Å². The lowest BCUT2D eigenvalue weighted by molar-refractivity contribution is -0.137. The van der Waals surface area contributed by atoms with E-state index in [1.165, 1.54) is 12.1 Å².